The molecule has 3 aromatic rings. The first-order valence-electron chi connectivity index (χ1n) is 8.78. The number of hydrogen-bond donors (Lipinski definition) is 3. The Kier molecular flexibility index (Phi) is 6.29. The number of amides is 2. The van der Waals surface area contributed by atoms with E-state index in [1.54, 1.807) is 42.5 Å². The molecule has 0 saturated carbocycles. The highest BCUT2D eigenvalue weighted by Crippen LogP contribution is 2.23. The number of hydrogen-bond acceptors (Lipinski definition) is 3. The third-order valence-corrected chi connectivity index (χ3v) is 4.56. The summed E-state index contributed by atoms with van der Waals surface area (Å²) in [7, 11) is 0. The fourth-order valence-electron chi connectivity index (χ4n) is 2.62. The highest BCUT2D eigenvalue weighted by molar-refractivity contribution is 6.31. The van der Waals surface area contributed by atoms with Crippen molar-refractivity contribution in [3.8, 4) is 0 Å². The van der Waals surface area contributed by atoms with E-state index >= 15 is 0 Å². The Bertz CT molecular complexity index is 990. The van der Waals surface area contributed by atoms with Crippen molar-refractivity contribution in [2.45, 2.75) is 6.92 Å². The maximum atomic E-state index is 12.2. The van der Waals surface area contributed by atoms with Crippen molar-refractivity contribution in [3.05, 3.63) is 88.9 Å². The van der Waals surface area contributed by atoms with Crippen molar-refractivity contribution < 1.29 is 9.59 Å². The Morgan fingerprint density at radius 2 is 1.57 bits per heavy atom. The van der Waals surface area contributed by atoms with Gasteiger partial charge in [-0.05, 0) is 55.0 Å². The van der Waals surface area contributed by atoms with Crippen molar-refractivity contribution in [2.75, 3.05) is 22.5 Å². The molecule has 0 saturated heterocycles. The molecule has 0 aliphatic heterocycles. The number of benzene rings is 3. The molecule has 142 valence electrons. The second-order valence-corrected chi connectivity index (χ2v) is 6.62. The average Bonchev–Trinajstić information content (AvgIpc) is 2.71. The van der Waals surface area contributed by atoms with E-state index in [-0.39, 0.29) is 18.4 Å². The highest BCUT2D eigenvalue weighted by Gasteiger charge is 2.08. The molecule has 3 N–H and O–H groups in total. The molecule has 0 spiro atoms. The predicted octanol–water partition coefficient (Wildman–Crippen LogP) is 4.95. The van der Waals surface area contributed by atoms with Gasteiger partial charge in [0.1, 0.15) is 0 Å². The molecule has 3 aromatic carbocycles. The number of nitrogens with one attached hydrogen (secondary N) is 3. The number of anilines is 3. The zero-order valence-electron chi connectivity index (χ0n) is 15.3. The molecule has 0 aromatic heterocycles. The van der Waals surface area contributed by atoms with Gasteiger partial charge in [-0.3, -0.25) is 9.59 Å². The Morgan fingerprint density at radius 3 is 2.36 bits per heavy atom. The molecule has 0 aliphatic carbocycles. The van der Waals surface area contributed by atoms with E-state index in [1.165, 1.54) is 0 Å². The van der Waals surface area contributed by atoms with Gasteiger partial charge in [0.2, 0.25) is 5.91 Å². The van der Waals surface area contributed by atoms with Crippen LogP contribution in [-0.2, 0) is 4.79 Å². The van der Waals surface area contributed by atoms with Gasteiger partial charge in [-0.2, -0.15) is 0 Å². The molecule has 2 amide bonds. The molecule has 5 nitrogen and oxygen atoms in total. The van der Waals surface area contributed by atoms with Gasteiger partial charge in [0.15, 0.2) is 0 Å². The summed E-state index contributed by atoms with van der Waals surface area (Å²) in [6.07, 6.45) is 0. The Balaban J connectivity index is 1.58. The standard InChI is InChI=1S/C22H20ClN3O2/c1-15-19(23)11-6-12-20(15)26-21(27)14-24-17-9-5-10-18(13-17)25-22(28)16-7-3-2-4-8-16/h2-13,24H,14H2,1H3,(H,25,28)(H,26,27). The largest absolute Gasteiger partial charge is 0.376 e. The summed E-state index contributed by atoms with van der Waals surface area (Å²) in [5, 5.41) is 9.34. The zero-order valence-corrected chi connectivity index (χ0v) is 16.1. The normalized spacial score (nSPS) is 10.2. The van der Waals surface area contributed by atoms with Gasteiger partial charge < -0.3 is 16.0 Å². The van der Waals surface area contributed by atoms with E-state index in [0.29, 0.717) is 22.0 Å². The summed E-state index contributed by atoms with van der Waals surface area (Å²) in [4.78, 5) is 24.5. The predicted molar refractivity (Wildman–Crippen MR) is 114 cm³/mol. The van der Waals surface area contributed by atoms with E-state index in [2.05, 4.69) is 16.0 Å². The van der Waals surface area contributed by atoms with E-state index in [0.717, 1.165) is 11.3 Å². The quantitative estimate of drug-likeness (QED) is 0.554. The monoisotopic (exact) mass is 393 g/mol. The minimum atomic E-state index is -0.191. The van der Waals surface area contributed by atoms with Crippen LogP contribution < -0.4 is 16.0 Å². The molecule has 3 rings (SSSR count). The maximum absolute atomic E-state index is 12.2. The van der Waals surface area contributed by atoms with Crippen molar-refractivity contribution in [2.24, 2.45) is 0 Å². The van der Waals surface area contributed by atoms with Gasteiger partial charge in [-0.1, -0.05) is 41.9 Å². The molecule has 0 atom stereocenters. The first-order valence-corrected chi connectivity index (χ1v) is 9.16. The summed E-state index contributed by atoms with van der Waals surface area (Å²) < 4.78 is 0. The van der Waals surface area contributed by atoms with Crippen molar-refractivity contribution in [1.82, 2.24) is 0 Å². The summed E-state index contributed by atoms with van der Waals surface area (Å²) in [6, 6.07) is 21.6. The summed E-state index contributed by atoms with van der Waals surface area (Å²) >= 11 is 6.07. The van der Waals surface area contributed by atoms with E-state index in [4.69, 9.17) is 11.6 Å². The third kappa shape index (κ3) is 5.11. The number of rotatable bonds is 6. The minimum Gasteiger partial charge on any atom is -0.376 e. The number of carbonyl (C=O) groups excluding carboxylic acids is 2. The van der Waals surface area contributed by atoms with E-state index in [9.17, 15) is 9.59 Å². The Hall–Kier alpha value is -3.31. The molecule has 6 heteroatoms. The van der Waals surface area contributed by atoms with Crippen LogP contribution in [0.4, 0.5) is 17.1 Å². The maximum Gasteiger partial charge on any atom is 0.255 e. The van der Waals surface area contributed by atoms with Crippen molar-refractivity contribution in [3.63, 3.8) is 0 Å². The molecule has 0 radical (unpaired) electrons. The molecule has 28 heavy (non-hydrogen) atoms. The van der Waals surface area contributed by atoms with Gasteiger partial charge >= 0.3 is 0 Å². The smallest absolute Gasteiger partial charge is 0.255 e. The van der Waals surface area contributed by atoms with Crippen LogP contribution in [0, 0.1) is 6.92 Å². The second kappa shape index (κ2) is 9.06. The summed E-state index contributed by atoms with van der Waals surface area (Å²) in [5.74, 6) is -0.379. The lowest BCUT2D eigenvalue weighted by atomic mass is 10.2. The van der Waals surface area contributed by atoms with Crippen LogP contribution in [0.5, 0.6) is 0 Å². The van der Waals surface area contributed by atoms with Crippen LogP contribution in [0.15, 0.2) is 72.8 Å². The molecule has 0 aliphatic rings. The summed E-state index contributed by atoms with van der Waals surface area (Å²) in [5.41, 5.74) is 3.46. The fraction of sp³-hybridized carbons (Fsp3) is 0.0909. The van der Waals surface area contributed by atoms with Gasteiger partial charge in [0.05, 0.1) is 6.54 Å². The molecular formula is C22H20ClN3O2. The lowest BCUT2D eigenvalue weighted by Crippen LogP contribution is -2.22. The van der Waals surface area contributed by atoms with Gasteiger partial charge in [0, 0.05) is 27.6 Å². The number of halogens is 1. The van der Waals surface area contributed by atoms with Gasteiger partial charge in [0.25, 0.3) is 5.91 Å². The minimum absolute atomic E-state index is 0.0854. The topological polar surface area (TPSA) is 70.2 Å². The molecule has 0 unspecified atom stereocenters. The van der Waals surface area contributed by atoms with Gasteiger partial charge in [-0.25, -0.2) is 0 Å². The summed E-state index contributed by atoms with van der Waals surface area (Å²) in [6.45, 7) is 1.94. The van der Waals surface area contributed by atoms with Crippen LogP contribution in [0.1, 0.15) is 15.9 Å². The van der Waals surface area contributed by atoms with Crippen LogP contribution in [0.25, 0.3) is 0 Å². The SMILES string of the molecule is Cc1c(Cl)cccc1NC(=O)CNc1cccc(NC(=O)c2ccccc2)c1. The van der Waals surface area contributed by atoms with E-state index < -0.39 is 0 Å². The van der Waals surface area contributed by atoms with Crippen LogP contribution in [0.3, 0.4) is 0 Å². The molecular weight excluding hydrogens is 374 g/mol. The fourth-order valence-corrected chi connectivity index (χ4v) is 2.79. The Morgan fingerprint density at radius 1 is 0.857 bits per heavy atom. The third-order valence-electron chi connectivity index (χ3n) is 4.15. The lowest BCUT2D eigenvalue weighted by molar-refractivity contribution is -0.114. The van der Waals surface area contributed by atoms with Crippen molar-refractivity contribution in [1.29, 1.82) is 0 Å². The van der Waals surface area contributed by atoms with Crippen molar-refractivity contribution >= 4 is 40.5 Å². The molecule has 0 bridgehead atoms. The van der Waals surface area contributed by atoms with Crippen LogP contribution >= 0.6 is 11.6 Å². The van der Waals surface area contributed by atoms with Crippen LogP contribution in [-0.4, -0.2) is 18.4 Å². The van der Waals surface area contributed by atoms with Gasteiger partial charge in [-0.15, -0.1) is 0 Å². The average molecular weight is 394 g/mol. The first-order chi connectivity index (χ1) is 13.5. The zero-order chi connectivity index (χ0) is 19.9. The molecule has 0 heterocycles. The number of carbonyl (C=O) groups is 2. The van der Waals surface area contributed by atoms with E-state index in [1.807, 2.05) is 37.3 Å². The highest BCUT2D eigenvalue weighted by atomic mass is 35.5. The second-order valence-electron chi connectivity index (χ2n) is 6.22. The van der Waals surface area contributed by atoms with Crippen LogP contribution in [0.2, 0.25) is 5.02 Å². The first kappa shape index (κ1) is 19.5. The molecule has 0 fully saturated rings. The lowest BCUT2D eigenvalue weighted by Gasteiger charge is -2.12. The Labute approximate surface area is 168 Å².